The van der Waals surface area contributed by atoms with E-state index in [1.54, 1.807) is 43.3 Å². The lowest BCUT2D eigenvalue weighted by Crippen LogP contribution is -2.30. The summed E-state index contributed by atoms with van der Waals surface area (Å²) in [7, 11) is 0. The van der Waals surface area contributed by atoms with E-state index >= 15 is 0 Å². The highest BCUT2D eigenvalue weighted by molar-refractivity contribution is 6.32. The van der Waals surface area contributed by atoms with Crippen LogP contribution in [0.25, 0.3) is 11.3 Å². The molecule has 0 fully saturated rings. The number of carbonyl (C=O) groups is 1. The number of nitrogens with one attached hydrogen (secondary N) is 1. The Bertz CT molecular complexity index is 1040. The van der Waals surface area contributed by atoms with Crippen molar-refractivity contribution in [2.24, 2.45) is 0 Å². The third kappa shape index (κ3) is 5.91. The Morgan fingerprint density at radius 3 is 2.47 bits per heavy atom. The molecule has 9 heteroatoms. The van der Waals surface area contributed by atoms with Gasteiger partial charge < -0.3 is 19.5 Å². The molecule has 1 heterocycles. The van der Waals surface area contributed by atoms with E-state index in [1.165, 1.54) is 0 Å². The number of aromatic nitrogens is 2. The molecule has 170 valence electrons. The second kappa shape index (κ2) is 11.4. The van der Waals surface area contributed by atoms with Crippen molar-refractivity contribution in [1.82, 2.24) is 10.3 Å². The van der Waals surface area contributed by atoms with E-state index in [-0.39, 0.29) is 5.82 Å². The topological polar surface area (TPSA) is 95.7 Å². The van der Waals surface area contributed by atoms with Gasteiger partial charge in [-0.1, -0.05) is 37.6 Å². The minimum Gasteiger partial charge on any atom is -0.490 e. The lowest BCUT2D eigenvalue weighted by atomic mass is 10.1. The van der Waals surface area contributed by atoms with Gasteiger partial charge in [0.25, 0.3) is 5.91 Å². The van der Waals surface area contributed by atoms with E-state index in [4.69, 9.17) is 30.4 Å². The van der Waals surface area contributed by atoms with Gasteiger partial charge in [0, 0.05) is 5.56 Å². The van der Waals surface area contributed by atoms with Crippen LogP contribution in [-0.2, 0) is 4.79 Å². The third-order valence-electron chi connectivity index (χ3n) is 4.38. The maximum atomic E-state index is 12.7. The highest BCUT2D eigenvalue weighted by Crippen LogP contribution is 2.34. The van der Waals surface area contributed by atoms with E-state index in [0.717, 1.165) is 12.8 Å². The van der Waals surface area contributed by atoms with Gasteiger partial charge in [-0.15, -0.1) is 0 Å². The van der Waals surface area contributed by atoms with Crippen molar-refractivity contribution >= 4 is 23.3 Å². The second-order valence-corrected chi connectivity index (χ2v) is 7.41. The summed E-state index contributed by atoms with van der Waals surface area (Å²) >= 11 is 6.10. The minimum atomic E-state index is -0.826. The van der Waals surface area contributed by atoms with E-state index in [1.807, 2.05) is 19.9 Å². The van der Waals surface area contributed by atoms with Crippen LogP contribution in [0.1, 0.15) is 33.6 Å². The number of nitrogens with zero attached hydrogens (tertiary/aromatic N) is 2. The largest absolute Gasteiger partial charge is 0.490 e. The van der Waals surface area contributed by atoms with Gasteiger partial charge in [-0.2, -0.15) is 0 Å². The van der Waals surface area contributed by atoms with Crippen LogP contribution in [0, 0.1) is 0 Å². The van der Waals surface area contributed by atoms with Gasteiger partial charge in [-0.05, 0) is 60.4 Å². The molecule has 3 rings (SSSR count). The van der Waals surface area contributed by atoms with Gasteiger partial charge in [0.1, 0.15) is 5.75 Å². The molecule has 3 aromatic rings. The Morgan fingerprint density at radius 1 is 1.03 bits per heavy atom. The Labute approximate surface area is 191 Å². The Hall–Kier alpha value is -3.26. The summed E-state index contributed by atoms with van der Waals surface area (Å²) in [5, 5.41) is 10.9. The van der Waals surface area contributed by atoms with Crippen LogP contribution in [0.5, 0.6) is 17.2 Å². The summed E-state index contributed by atoms with van der Waals surface area (Å²) < 4.78 is 22.1. The summed E-state index contributed by atoms with van der Waals surface area (Å²) in [6.45, 7) is 6.80. The molecule has 2 aromatic carbocycles. The molecule has 0 radical (unpaired) electrons. The molecule has 0 unspecified atom stereocenters. The maximum Gasteiger partial charge on any atom is 0.266 e. The zero-order valence-electron chi connectivity index (χ0n) is 18.3. The zero-order chi connectivity index (χ0) is 22.9. The van der Waals surface area contributed by atoms with Crippen molar-refractivity contribution in [2.75, 3.05) is 18.5 Å². The molecular formula is C23H26ClN3O5. The van der Waals surface area contributed by atoms with E-state index in [0.29, 0.717) is 46.7 Å². The number of anilines is 1. The third-order valence-corrected chi connectivity index (χ3v) is 4.69. The highest BCUT2D eigenvalue weighted by atomic mass is 35.5. The predicted octanol–water partition coefficient (Wildman–Crippen LogP) is 5.37. The summed E-state index contributed by atoms with van der Waals surface area (Å²) in [5.74, 6) is 1.40. The summed E-state index contributed by atoms with van der Waals surface area (Å²) in [5.41, 5.74) is 1.03. The van der Waals surface area contributed by atoms with Crippen LogP contribution in [0.15, 0.2) is 47.1 Å². The first-order chi connectivity index (χ1) is 15.5. The van der Waals surface area contributed by atoms with E-state index < -0.39 is 12.0 Å². The molecule has 32 heavy (non-hydrogen) atoms. The number of halogens is 1. The maximum absolute atomic E-state index is 12.7. The van der Waals surface area contributed by atoms with Crippen molar-refractivity contribution < 1.29 is 23.6 Å². The fraction of sp³-hybridized carbons (Fsp3) is 0.348. The predicted molar refractivity (Wildman–Crippen MR) is 121 cm³/mol. The van der Waals surface area contributed by atoms with Crippen LogP contribution < -0.4 is 19.5 Å². The van der Waals surface area contributed by atoms with Crippen molar-refractivity contribution in [3.8, 4) is 28.5 Å². The van der Waals surface area contributed by atoms with Crippen LogP contribution in [0.4, 0.5) is 5.82 Å². The SMILES string of the molecule is CCCOc1ccc(-c2nonc2NC(=O)[C@H](C)Oc2ccccc2Cl)cc1OCCC. The van der Waals surface area contributed by atoms with Crippen LogP contribution in [-0.4, -0.2) is 35.5 Å². The fourth-order valence-corrected chi connectivity index (χ4v) is 2.95. The molecule has 0 aliphatic rings. The monoisotopic (exact) mass is 459 g/mol. The molecule has 1 atom stereocenters. The van der Waals surface area contributed by atoms with Crippen molar-refractivity contribution in [2.45, 2.75) is 39.7 Å². The Kier molecular flexibility index (Phi) is 8.33. The average Bonchev–Trinajstić information content (AvgIpc) is 3.26. The highest BCUT2D eigenvalue weighted by Gasteiger charge is 2.22. The molecule has 0 spiro atoms. The standard InChI is InChI=1S/C23H26ClN3O5/c1-4-12-29-19-11-10-16(14-20(19)30-13-5-2)21-22(27-32-26-21)25-23(28)15(3)31-18-9-7-6-8-17(18)24/h6-11,14-15H,4-5,12-13H2,1-3H3,(H,25,27,28)/t15-/m0/s1. The minimum absolute atomic E-state index is 0.174. The first kappa shape index (κ1) is 23.4. The van der Waals surface area contributed by atoms with Crippen LogP contribution in [0.3, 0.4) is 0 Å². The molecule has 0 saturated carbocycles. The van der Waals surface area contributed by atoms with Crippen LogP contribution in [0.2, 0.25) is 5.02 Å². The molecule has 1 N–H and O–H groups in total. The number of para-hydroxylation sites is 1. The van der Waals surface area contributed by atoms with Crippen molar-refractivity contribution in [3.05, 3.63) is 47.5 Å². The van der Waals surface area contributed by atoms with Crippen molar-refractivity contribution in [3.63, 3.8) is 0 Å². The summed E-state index contributed by atoms with van der Waals surface area (Å²) in [6, 6.07) is 12.3. The van der Waals surface area contributed by atoms with Gasteiger partial charge in [-0.25, -0.2) is 4.63 Å². The van der Waals surface area contributed by atoms with Crippen molar-refractivity contribution in [1.29, 1.82) is 0 Å². The number of carbonyl (C=O) groups excluding carboxylic acids is 1. The molecule has 0 saturated heterocycles. The van der Waals surface area contributed by atoms with Gasteiger partial charge >= 0.3 is 0 Å². The molecule has 0 aliphatic heterocycles. The summed E-state index contributed by atoms with van der Waals surface area (Å²) in [4.78, 5) is 12.7. The molecule has 1 amide bonds. The van der Waals surface area contributed by atoms with Gasteiger partial charge in [0.05, 0.1) is 18.2 Å². The summed E-state index contributed by atoms with van der Waals surface area (Å²) in [6.07, 6.45) is 0.910. The van der Waals surface area contributed by atoms with Crippen LogP contribution >= 0.6 is 11.6 Å². The lowest BCUT2D eigenvalue weighted by molar-refractivity contribution is -0.122. The smallest absolute Gasteiger partial charge is 0.266 e. The quantitative estimate of drug-likeness (QED) is 0.411. The molecular weight excluding hydrogens is 434 g/mol. The second-order valence-electron chi connectivity index (χ2n) is 7.00. The molecule has 1 aromatic heterocycles. The van der Waals surface area contributed by atoms with E-state index in [2.05, 4.69) is 15.6 Å². The molecule has 8 nitrogen and oxygen atoms in total. The lowest BCUT2D eigenvalue weighted by Gasteiger charge is -2.15. The number of hydrogen-bond acceptors (Lipinski definition) is 7. The first-order valence-electron chi connectivity index (χ1n) is 10.5. The Balaban J connectivity index is 1.77. The van der Waals surface area contributed by atoms with Gasteiger partial charge in [-0.3, -0.25) is 4.79 Å². The van der Waals surface area contributed by atoms with Gasteiger partial charge in [0.15, 0.2) is 23.3 Å². The number of hydrogen-bond donors (Lipinski definition) is 1. The molecule has 0 aliphatic carbocycles. The van der Waals surface area contributed by atoms with Gasteiger partial charge in [0.2, 0.25) is 5.82 Å². The Morgan fingerprint density at radius 2 is 1.75 bits per heavy atom. The fourth-order valence-electron chi connectivity index (χ4n) is 2.77. The number of benzene rings is 2. The average molecular weight is 460 g/mol. The normalized spacial score (nSPS) is 11.6. The number of rotatable bonds is 11. The zero-order valence-corrected chi connectivity index (χ0v) is 19.0. The van der Waals surface area contributed by atoms with E-state index in [9.17, 15) is 4.79 Å². The first-order valence-corrected chi connectivity index (χ1v) is 10.9. The number of amides is 1. The number of ether oxygens (including phenoxy) is 3. The molecule has 0 bridgehead atoms.